The zero-order chi connectivity index (χ0) is 14.8. The molecule has 0 fully saturated rings. The normalized spacial score (nSPS) is 18.9. The number of hydrogen-bond donors (Lipinski definition) is 1. The van der Waals surface area contributed by atoms with Crippen LogP contribution in [0.25, 0.3) is 0 Å². The lowest BCUT2D eigenvalue weighted by Gasteiger charge is -2.16. The Hall–Kier alpha value is -1.68. The standard InChI is InChI=1S/C17H20N2OS/c1-11-3-4-15-14(9-11)10-16(21-15)17(20)19-12(2)13-5-7-18-8-6-13/h5-8,10-12H,3-4,9H2,1-2H3,(H,19,20)/t11-,12+/m0/s1. The maximum absolute atomic E-state index is 12.4. The van der Waals surface area contributed by atoms with E-state index in [9.17, 15) is 4.79 Å². The molecule has 0 radical (unpaired) electrons. The van der Waals surface area contributed by atoms with Crippen LogP contribution >= 0.6 is 11.3 Å². The maximum atomic E-state index is 12.4. The van der Waals surface area contributed by atoms with Gasteiger partial charge in [-0.2, -0.15) is 0 Å². The molecule has 1 N–H and O–H groups in total. The van der Waals surface area contributed by atoms with Crippen molar-refractivity contribution in [3.63, 3.8) is 0 Å². The number of rotatable bonds is 3. The van der Waals surface area contributed by atoms with Crippen LogP contribution in [0.3, 0.4) is 0 Å². The van der Waals surface area contributed by atoms with E-state index < -0.39 is 0 Å². The number of pyridine rings is 1. The molecule has 110 valence electrons. The smallest absolute Gasteiger partial charge is 0.261 e. The predicted octanol–water partition coefficient (Wildman–Crippen LogP) is 3.76. The average molecular weight is 300 g/mol. The van der Waals surface area contributed by atoms with Crippen LogP contribution < -0.4 is 5.32 Å². The fourth-order valence-corrected chi connectivity index (χ4v) is 3.93. The molecular weight excluding hydrogens is 280 g/mol. The Morgan fingerprint density at radius 3 is 2.95 bits per heavy atom. The summed E-state index contributed by atoms with van der Waals surface area (Å²) in [6, 6.07) is 5.96. The van der Waals surface area contributed by atoms with Gasteiger partial charge in [0.2, 0.25) is 0 Å². The first-order valence-electron chi connectivity index (χ1n) is 7.46. The van der Waals surface area contributed by atoms with Crippen LogP contribution in [-0.4, -0.2) is 10.9 Å². The number of carbonyl (C=O) groups is 1. The zero-order valence-electron chi connectivity index (χ0n) is 12.4. The van der Waals surface area contributed by atoms with Gasteiger partial charge in [-0.1, -0.05) is 6.92 Å². The number of aromatic nitrogens is 1. The minimum Gasteiger partial charge on any atom is -0.345 e. The SMILES string of the molecule is C[C@H]1CCc2sc(C(=O)N[C@H](C)c3ccncc3)cc2C1. The van der Waals surface area contributed by atoms with E-state index in [-0.39, 0.29) is 11.9 Å². The molecule has 21 heavy (non-hydrogen) atoms. The van der Waals surface area contributed by atoms with Crippen LogP contribution in [0.2, 0.25) is 0 Å². The van der Waals surface area contributed by atoms with Gasteiger partial charge in [-0.25, -0.2) is 0 Å². The highest BCUT2D eigenvalue weighted by Crippen LogP contribution is 2.32. The molecule has 3 rings (SSSR count). The van der Waals surface area contributed by atoms with Gasteiger partial charge in [-0.05, 0) is 61.4 Å². The highest BCUT2D eigenvalue weighted by Gasteiger charge is 2.21. The number of thiophene rings is 1. The molecule has 1 aliphatic rings. The van der Waals surface area contributed by atoms with Gasteiger partial charge in [-0.15, -0.1) is 11.3 Å². The first kappa shape index (κ1) is 14.3. The van der Waals surface area contributed by atoms with Gasteiger partial charge in [0.25, 0.3) is 5.91 Å². The third-order valence-corrected chi connectivity index (χ3v) is 5.34. The minimum absolute atomic E-state index is 0.00134. The van der Waals surface area contributed by atoms with E-state index >= 15 is 0 Å². The number of amides is 1. The number of hydrogen-bond acceptors (Lipinski definition) is 3. The molecule has 2 heterocycles. The molecule has 2 atom stereocenters. The Morgan fingerprint density at radius 2 is 2.19 bits per heavy atom. The first-order chi connectivity index (χ1) is 10.1. The second kappa shape index (κ2) is 5.98. The topological polar surface area (TPSA) is 42.0 Å². The summed E-state index contributed by atoms with van der Waals surface area (Å²) in [5, 5.41) is 3.08. The third-order valence-electron chi connectivity index (χ3n) is 4.11. The molecular formula is C17H20N2OS. The van der Waals surface area contributed by atoms with Gasteiger partial charge >= 0.3 is 0 Å². The minimum atomic E-state index is -0.00134. The summed E-state index contributed by atoms with van der Waals surface area (Å²) >= 11 is 1.66. The molecule has 2 aromatic rings. The van der Waals surface area contributed by atoms with Crippen LogP contribution in [-0.2, 0) is 12.8 Å². The number of carbonyl (C=O) groups excluding carboxylic acids is 1. The van der Waals surface area contributed by atoms with Crippen molar-refractivity contribution in [1.29, 1.82) is 0 Å². The zero-order valence-corrected chi connectivity index (χ0v) is 13.2. The van der Waals surface area contributed by atoms with Gasteiger partial charge in [0.05, 0.1) is 10.9 Å². The molecule has 0 unspecified atom stereocenters. The van der Waals surface area contributed by atoms with Crippen molar-refractivity contribution >= 4 is 17.2 Å². The van der Waals surface area contributed by atoms with E-state index in [1.807, 2.05) is 19.1 Å². The molecule has 1 aliphatic carbocycles. The van der Waals surface area contributed by atoms with Crippen molar-refractivity contribution in [3.05, 3.63) is 51.5 Å². The summed E-state index contributed by atoms with van der Waals surface area (Å²) in [7, 11) is 0. The average Bonchev–Trinajstić information content (AvgIpc) is 2.91. The van der Waals surface area contributed by atoms with Crippen molar-refractivity contribution < 1.29 is 4.79 Å². The molecule has 0 spiro atoms. The summed E-state index contributed by atoms with van der Waals surface area (Å²) in [5.41, 5.74) is 2.45. The Labute approximate surface area is 129 Å². The highest BCUT2D eigenvalue weighted by atomic mass is 32.1. The van der Waals surface area contributed by atoms with E-state index in [1.54, 1.807) is 23.7 Å². The molecule has 0 aromatic carbocycles. The van der Waals surface area contributed by atoms with Gasteiger partial charge in [0.15, 0.2) is 0 Å². The quantitative estimate of drug-likeness (QED) is 0.938. The van der Waals surface area contributed by atoms with Gasteiger partial charge in [0, 0.05) is 17.3 Å². The molecule has 0 saturated heterocycles. The van der Waals surface area contributed by atoms with Crippen LogP contribution in [0, 0.1) is 5.92 Å². The highest BCUT2D eigenvalue weighted by molar-refractivity contribution is 7.14. The van der Waals surface area contributed by atoms with Crippen molar-refractivity contribution in [2.75, 3.05) is 0 Å². The lowest BCUT2D eigenvalue weighted by Crippen LogP contribution is -2.25. The van der Waals surface area contributed by atoms with Crippen molar-refractivity contribution in [2.45, 2.75) is 39.2 Å². The number of aryl methyl sites for hydroxylation is 1. The predicted molar refractivity (Wildman–Crippen MR) is 85.6 cm³/mol. The van der Waals surface area contributed by atoms with E-state index in [0.717, 1.165) is 29.2 Å². The summed E-state index contributed by atoms with van der Waals surface area (Å²) in [6.07, 6.45) is 6.97. The molecule has 4 heteroatoms. The van der Waals surface area contributed by atoms with Crippen molar-refractivity contribution in [1.82, 2.24) is 10.3 Å². The number of fused-ring (bicyclic) bond motifs is 1. The number of nitrogens with one attached hydrogen (secondary N) is 1. The van der Waals surface area contributed by atoms with E-state index in [1.165, 1.54) is 16.9 Å². The van der Waals surface area contributed by atoms with Gasteiger partial charge < -0.3 is 5.32 Å². The monoisotopic (exact) mass is 300 g/mol. The van der Waals surface area contributed by atoms with Crippen LogP contribution in [0.5, 0.6) is 0 Å². The Bertz CT molecular complexity index is 635. The van der Waals surface area contributed by atoms with Gasteiger partial charge in [-0.3, -0.25) is 9.78 Å². The lowest BCUT2D eigenvalue weighted by molar-refractivity contribution is 0.0944. The lowest BCUT2D eigenvalue weighted by atomic mass is 9.90. The van der Waals surface area contributed by atoms with E-state index in [2.05, 4.69) is 23.3 Å². The Balaban J connectivity index is 1.71. The molecule has 0 saturated carbocycles. The molecule has 0 aliphatic heterocycles. The first-order valence-corrected chi connectivity index (χ1v) is 8.27. The summed E-state index contributed by atoms with van der Waals surface area (Å²) in [5.74, 6) is 0.769. The van der Waals surface area contributed by atoms with Crippen LogP contribution in [0.1, 0.15) is 52.0 Å². The largest absolute Gasteiger partial charge is 0.345 e. The fraction of sp³-hybridized carbons (Fsp3) is 0.412. The van der Waals surface area contributed by atoms with E-state index in [0.29, 0.717) is 0 Å². The fourth-order valence-electron chi connectivity index (χ4n) is 2.82. The Morgan fingerprint density at radius 1 is 1.43 bits per heavy atom. The van der Waals surface area contributed by atoms with Crippen LogP contribution in [0.15, 0.2) is 30.6 Å². The van der Waals surface area contributed by atoms with E-state index in [4.69, 9.17) is 0 Å². The van der Waals surface area contributed by atoms with Crippen molar-refractivity contribution in [2.24, 2.45) is 5.92 Å². The summed E-state index contributed by atoms with van der Waals surface area (Å²) in [4.78, 5) is 18.7. The third kappa shape index (κ3) is 3.16. The summed E-state index contributed by atoms with van der Waals surface area (Å²) < 4.78 is 0. The second-order valence-electron chi connectivity index (χ2n) is 5.88. The summed E-state index contributed by atoms with van der Waals surface area (Å²) in [6.45, 7) is 4.29. The van der Waals surface area contributed by atoms with Crippen LogP contribution in [0.4, 0.5) is 0 Å². The molecule has 1 amide bonds. The van der Waals surface area contributed by atoms with Gasteiger partial charge in [0.1, 0.15) is 0 Å². The second-order valence-corrected chi connectivity index (χ2v) is 7.02. The molecule has 3 nitrogen and oxygen atoms in total. The number of nitrogens with zero attached hydrogens (tertiary/aromatic N) is 1. The molecule has 2 aromatic heterocycles. The molecule has 0 bridgehead atoms. The maximum Gasteiger partial charge on any atom is 0.261 e. The Kier molecular flexibility index (Phi) is 4.06. The van der Waals surface area contributed by atoms with Crippen molar-refractivity contribution in [3.8, 4) is 0 Å².